The normalized spacial score (nSPS) is 20.9. The molecule has 1 aliphatic carbocycles. The van der Waals surface area contributed by atoms with Gasteiger partial charge >= 0.3 is 0 Å². The SMILES string of the molecule is c1coc(CCN=C(NC2CCOCC2)NC2CC2)c1. The summed E-state index contributed by atoms with van der Waals surface area (Å²) in [5.41, 5.74) is 0. The maximum Gasteiger partial charge on any atom is 0.191 e. The van der Waals surface area contributed by atoms with Gasteiger partial charge in [0.05, 0.1) is 6.26 Å². The van der Waals surface area contributed by atoms with Crippen LogP contribution < -0.4 is 10.6 Å². The van der Waals surface area contributed by atoms with Gasteiger partial charge in [-0.3, -0.25) is 4.99 Å². The molecule has 20 heavy (non-hydrogen) atoms. The topological polar surface area (TPSA) is 58.8 Å². The number of aliphatic imine (C=N–C) groups is 1. The molecule has 110 valence electrons. The summed E-state index contributed by atoms with van der Waals surface area (Å²) in [4.78, 5) is 4.67. The third-order valence-electron chi connectivity index (χ3n) is 3.69. The summed E-state index contributed by atoms with van der Waals surface area (Å²) in [5, 5.41) is 7.02. The molecule has 2 N–H and O–H groups in total. The second-order valence-electron chi connectivity index (χ2n) is 5.51. The third kappa shape index (κ3) is 4.27. The van der Waals surface area contributed by atoms with E-state index in [-0.39, 0.29) is 0 Å². The zero-order chi connectivity index (χ0) is 13.6. The van der Waals surface area contributed by atoms with Gasteiger partial charge in [0, 0.05) is 38.3 Å². The summed E-state index contributed by atoms with van der Waals surface area (Å²) < 4.78 is 10.7. The Hall–Kier alpha value is -1.49. The maximum absolute atomic E-state index is 5.39. The van der Waals surface area contributed by atoms with Gasteiger partial charge in [0.15, 0.2) is 5.96 Å². The van der Waals surface area contributed by atoms with Crippen molar-refractivity contribution in [3.05, 3.63) is 24.2 Å². The quantitative estimate of drug-likeness (QED) is 0.635. The highest BCUT2D eigenvalue weighted by Crippen LogP contribution is 2.18. The summed E-state index contributed by atoms with van der Waals surface area (Å²) in [6.45, 7) is 2.44. The lowest BCUT2D eigenvalue weighted by atomic mass is 10.1. The first-order valence-corrected chi connectivity index (χ1v) is 7.58. The van der Waals surface area contributed by atoms with E-state index in [4.69, 9.17) is 9.15 Å². The Morgan fingerprint density at radius 3 is 2.55 bits per heavy atom. The standard InChI is InChI=1S/C15H23N3O2/c1-2-14(20-9-1)5-8-16-15(17-12-3-4-12)18-13-6-10-19-11-7-13/h1-2,9,12-13H,3-8,10-11H2,(H2,16,17,18). The average molecular weight is 277 g/mol. The second-order valence-corrected chi connectivity index (χ2v) is 5.51. The smallest absolute Gasteiger partial charge is 0.191 e. The number of rotatable bonds is 5. The molecule has 2 heterocycles. The van der Waals surface area contributed by atoms with Crippen LogP contribution in [0.15, 0.2) is 27.8 Å². The molecule has 5 nitrogen and oxygen atoms in total. The summed E-state index contributed by atoms with van der Waals surface area (Å²) in [7, 11) is 0. The van der Waals surface area contributed by atoms with Crippen LogP contribution in [0.25, 0.3) is 0 Å². The van der Waals surface area contributed by atoms with Crippen molar-refractivity contribution < 1.29 is 9.15 Å². The summed E-state index contributed by atoms with van der Waals surface area (Å²) in [6, 6.07) is 5.01. The minimum atomic E-state index is 0.484. The van der Waals surface area contributed by atoms with Gasteiger partial charge in [-0.2, -0.15) is 0 Å². The largest absolute Gasteiger partial charge is 0.469 e. The van der Waals surface area contributed by atoms with Crippen LogP contribution >= 0.6 is 0 Å². The molecule has 1 aliphatic heterocycles. The zero-order valence-electron chi connectivity index (χ0n) is 11.8. The van der Waals surface area contributed by atoms with Crippen molar-refractivity contribution in [3.63, 3.8) is 0 Å². The lowest BCUT2D eigenvalue weighted by Gasteiger charge is -2.25. The van der Waals surface area contributed by atoms with Gasteiger partial charge in [-0.15, -0.1) is 0 Å². The minimum Gasteiger partial charge on any atom is -0.469 e. The van der Waals surface area contributed by atoms with E-state index < -0.39 is 0 Å². The predicted octanol–water partition coefficient (Wildman–Crippen LogP) is 1.70. The number of furan rings is 1. The van der Waals surface area contributed by atoms with Crippen LogP contribution in [-0.2, 0) is 11.2 Å². The molecule has 5 heteroatoms. The number of guanidine groups is 1. The van der Waals surface area contributed by atoms with Crippen molar-refractivity contribution in [1.29, 1.82) is 0 Å². The molecule has 3 rings (SSSR count). The Morgan fingerprint density at radius 1 is 1.15 bits per heavy atom. The monoisotopic (exact) mass is 277 g/mol. The van der Waals surface area contributed by atoms with Crippen LogP contribution in [0.1, 0.15) is 31.4 Å². The molecule has 0 radical (unpaired) electrons. The molecule has 0 bridgehead atoms. The van der Waals surface area contributed by atoms with Crippen molar-refractivity contribution in [1.82, 2.24) is 10.6 Å². The van der Waals surface area contributed by atoms with Crippen LogP contribution in [-0.4, -0.2) is 37.8 Å². The van der Waals surface area contributed by atoms with Crippen molar-refractivity contribution in [2.75, 3.05) is 19.8 Å². The van der Waals surface area contributed by atoms with Crippen LogP contribution in [0, 0.1) is 0 Å². The van der Waals surface area contributed by atoms with Gasteiger partial charge in [-0.1, -0.05) is 0 Å². The molecule has 1 aromatic heterocycles. The molecular weight excluding hydrogens is 254 g/mol. The molecule has 2 fully saturated rings. The lowest BCUT2D eigenvalue weighted by Crippen LogP contribution is -2.46. The molecular formula is C15H23N3O2. The van der Waals surface area contributed by atoms with E-state index in [2.05, 4.69) is 15.6 Å². The van der Waals surface area contributed by atoms with E-state index in [9.17, 15) is 0 Å². The van der Waals surface area contributed by atoms with E-state index in [0.29, 0.717) is 12.1 Å². The first kappa shape index (κ1) is 13.5. The van der Waals surface area contributed by atoms with E-state index in [1.54, 1.807) is 6.26 Å². The Bertz CT molecular complexity index is 420. The number of nitrogens with one attached hydrogen (secondary N) is 2. The summed E-state index contributed by atoms with van der Waals surface area (Å²) in [6.07, 6.45) is 7.19. The zero-order valence-corrected chi connectivity index (χ0v) is 11.8. The van der Waals surface area contributed by atoms with E-state index in [1.807, 2.05) is 12.1 Å². The maximum atomic E-state index is 5.39. The van der Waals surface area contributed by atoms with Crippen molar-refractivity contribution >= 4 is 5.96 Å². The predicted molar refractivity (Wildman–Crippen MR) is 77.8 cm³/mol. The van der Waals surface area contributed by atoms with Gasteiger partial charge in [0.25, 0.3) is 0 Å². The molecule has 0 unspecified atom stereocenters. The Labute approximate surface area is 119 Å². The molecule has 1 aromatic rings. The van der Waals surface area contributed by atoms with Gasteiger partial charge in [0.1, 0.15) is 5.76 Å². The van der Waals surface area contributed by atoms with Crippen LogP contribution in [0.5, 0.6) is 0 Å². The van der Waals surface area contributed by atoms with Crippen LogP contribution in [0.3, 0.4) is 0 Å². The number of hydrogen-bond acceptors (Lipinski definition) is 3. The highest BCUT2D eigenvalue weighted by Gasteiger charge is 2.23. The highest BCUT2D eigenvalue weighted by molar-refractivity contribution is 5.80. The minimum absolute atomic E-state index is 0.484. The fourth-order valence-electron chi connectivity index (χ4n) is 2.32. The van der Waals surface area contributed by atoms with Gasteiger partial charge in [-0.05, 0) is 37.8 Å². The molecule has 1 saturated heterocycles. The van der Waals surface area contributed by atoms with Crippen LogP contribution in [0.2, 0.25) is 0 Å². The molecule has 2 aliphatic rings. The summed E-state index contributed by atoms with van der Waals surface area (Å²) >= 11 is 0. The Kier molecular flexibility index (Phi) is 4.58. The molecule has 0 aromatic carbocycles. The van der Waals surface area contributed by atoms with E-state index >= 15 is 0 Å². The third-order valence-corrected chi connectivity index (χ3v) is 3.69. The average Bonchev–Trinajstić information content (AvgIpc) is 3.13. The van der Waals surface area contributed by atoms with Crippen molar-refractivity contribution in [2.24, 2.45) is 4.99 Å². The number of nitrogens with zero attached hydrogens (tertiary/aromatic N) is 1. The molecule has 0 spiro atoms. The Morgan fingerprint density at radius 2 is 1.90 bits per heavy atom. The van der Waals surface area contributed by atoms with Crippen LogP contribution in [0.4, 0.5) is 0 Å². The first-order chi connectivity index (χ1) is 9.90. The highest BCUT2D eigenvalue weighted by atomic mass is 16.5. The summed E-state index contributed by atoms with van der Waals surface area (Å²) in [5.74, 6) is 1.94. The number of ether oxygens (including phenoxy) is 1. The first-order valence-electron chi connectivity index (χ1n) is 7.58. The van der Waals surface area contributed by atoms with E-state index in [0.717, 1.165) is 50.7 Å². The fourth-order valence-corrected chi connectivity index (χ4v) is 2.32. The van der Waals surface area contributed by atoms with Crippen molar-refractivity contribution in [2.45, 2.75) is 44.2 Å². The lowest BCUT2D eigenvalue weighted by molar-refractivity contribution is 0.0822. The van der Waals surface area contributed by atoms with Gasteiger partial charge in [-0.25, -0.2) is 0 Å². The van der Waals surface area contributed by atoms with E-state index in [1.165, 1.54) is 12.8 Å². The molecule has 1 saturated carbocycles. The van der Waals surface area contributed by atoms with Gasteiger partial charge in [0.2, 0.25) is 0 Å². The fraction of sp³-hybridized carbons (Fsp3) is 0.667. The second kappa shape index (κ2) is 6.79. The van der Waals surface area contributed by atoms with Crippen molar-refractivity contribution in [3.8, 4) is 0 Å². The number of hydrogen-bond donors (Lipinski definition) is 2. The molecule has 0 atom stereocenters. The van der Waals surface area contributed by atoms with Gasteiger partial charge < -0.3 is 19.8 Å². The Balaban J connectivity index is 1.50. The molecule has 0 amide bonds.